The van der Waals surface area contributed by atoms with Gasteiger partial charge in [0.2, 0.25) is 5.75 Å². The minimum atomic E-state index is -5.34. The molecule has 9 heteroatoms. The molecule has 0 saturated heterocycles. The Morgan fingerprint density at radius 3 is 1.73 bits per heavy atom. The second-order valence-electron chi connectivity index (χ2n) is 10.3. The Hall–Kier alpha value is -2.45. The van der Waals surface area contributed by atoms with Gasteiger partial charge in [-0.05, 0) is 79.9 Å². The van der Waals surface area contributed by atoms with E-state index in [0.29, 0.717) is 0 Å². The third-order valence-corrected chi connectivity index (χ3v) is 8.06. The Bertz CT molecular complexity index is 1010. The molecule has 0 bridgehead atoms. The summed E-state index contributed by atoms with van der Waals surface area (Å²) in [6, 6.07) is 6.10. The van der Waals surface area contributed by atoms with Crippen molar-refractivity contribution >= 4 is 0 Å². The first-order valence-corrected chi connectivity index (χ1v) is 12.9. The predicted molar refractivity (Wildman–Crippen MR) is 124 cm³/mol. The number of ether oxygens (including phenoxy) is 2. The summed E-state index contributed by atoms with van der Waals surface area (Å²) in [6.45, 7) is 2.26. The van der Waals surface area contributed by atoms with Crippen molar-refractivity contribution in [3.63, 3.8) is 0 Å². The first kappa shape index (κ1) is 27.6. The molecule has 2 aliphatic rings. The van der Waals surface area contributed by atoms with Gasteiger partial charge >= 0.3 is 12.5 Å². The number of rotatable bonds is 7. The molecule has 0 spiro atoms. The third-order valence-electron chi connectivity index (χ3n) is 8.06. The van der Waals surface area contributed by atoms with Crippen LogP contribution in [0, 0.1) is 29.4 Å². The highest BCUT2D eigenvalue weighted by atomic mass is 19.4. The van der Waals surface area contributed by atoms with Crippen LogP contribution in [-0.4, -0.2) is 6.36 Å². The smallest absolute Gasteiger partial charge is 0.429 e. The van der Waals surface area contributed by atoms with Crippen molar-refractivity contribution in [3.8, 4) is 11.5 Å². The number of hydrogen-bond acceptors (Lipinski definition) is 2. The highest BCUT2D eigenvalue weighted by Gasteiger charge is 2.38. The zero-order valence-electron chi connectivity index (χ0n) is 20.6. The van der Waals surface area contributed by atoms with Crippen molar-refractivity contribution in [2.75, 3.05) is 0 Å². The van der Waals surface area contributed by atoms with Crippen molar-refractivity contribution in [1.29, 1.82) is 0 Å². The number of hydrogen-bond donors (Lipinski definition) is 0. The van der Waals surface area contributed by atoms with E-state index >= 15 is 0 Å². The Morgan fingerprint density at radius 2 is 1.24 bits per heavy atom. The monoisotopic (exact) mass is 532 g/mol. The maximum Gasteiger partial charge on any atom is 0.573 e. The van der Waals surface area contributed by atoms with Crippen molar-refractivity contribution in [2.45, 2.75) is 83.1 Å². The topological polar surface area (TPSA) is 18.5 Å². The van der Waals surface area contributed by atoms with E-state index in [1.165, 1.54) is 44.2 Å². The second-order valence-corrected chi connectivity index (χ2v) is 10.3. The average molecular weight is 533 g/mol. The maximum atomic E-state index is 14.7. The van der Waals surface area contributed by atoms with Crippen molar-refractivity contribution in [3.05, 3.63) is 59.2 Å². The van der Waals surface area contributed by atoms with Gasteiger partial charge in [0.05, 0.1) is 5.56 Å². The molecular formula is C28H31F7O2. The van der Waals surface area contributed by atoms with Crippen LogP contribution in [0.1, 0.15) is 81.8 Å². The van der Waals surface area contributed by atoms with Gasteiger partial charge < -0.3 is 9.47 Å². The zero-order chi connectivity index (χ0) is 26.8. The van der Waals surface area contributed by atoms with Crippen LogP contribution in [0.4, 0.5) is 30.7 Å². The first-order valence-electron chi connectivity index (χ1n) is 12.9. The Labute approximate surface area is 212 Å². The van der Waals surface area contributed by atoms with E-state index in [0.717, 1.165) is 49.0 Å². The largest absolute Gasteiger partial charge is 0.573 e. The molecule has 37 heavy (non-hydrogen) atoms. The normalized spacial score (nSPS) is 25.1. The van der Waals surface area contributed by atoms with E-state index in [4.69, 9.17) is 0 Å². The maximum absolute atomic E-state index is 14.7. The van der Waals surface area contributed by atoms with Crippen molar-refractivity contribution < 1.29 is 40.2 Å². The SMILES string of the molecule is CCC1CCC(C2CCC(c3ccc(C(F)(F)Oc4cc(F)c(OC(F)(F)F)c(F)c4)cc3)CC2)CC1. The number of alkyl halides is 5. The van der Waals surface area contributed by atoms with E-state index < -0.39 is 41.2 Å². The summed E-state index contributed by atoms with van der Waals surface area (Å²) in [7, 11) is 0. The molecular weight excluding hydrogens is 501 g/mol. The predicted octanol–water partition coefficient (Wildman–Crippen LogP) is 9.48. The fourth-order valence-corrected chi connectivity index (χ4v) is 5.96. The average Bonchev–Trinajstić information content (AvgIpc) is 2.86. The Balaban J connectivity index is 1.35. The highest BCUT2D eigenvalue weighted by molar-refractivity contribution is 5.36. The molecule has 4 rings (SSSR count). The van der Waals surface area contributed by atoms with E-state index in [9.17, 15) is 30.7 Å². The minimum absolute atomic E-state index is 0.222. The first-order chi connectivity index (χ1) is 17.4. The van der Waals surface area contributed by atoms with Crippen LogP contribution in [0.25, 0.3) is 0 Å². The van der Waals surface area contributed by atoms with Crippen molar-refractivity contribution in [2.24, 2.45) is 17.8 Å². The van der Waals surface area contributed by atoms with Gasteiger partial charge in [0, 0.05) is 12.1 Å². The molecule has 2 aromatic carbocycles. The lowest BCUT2D eigenvalue weighted by Gasteiger charge is -2.38. The van der Waals surface area contributed by atoms with Gasteiger partial charge in [0.25, 0.3) is 0 Å². The van der Waals surface area contributed by atoms with Crippen LogP contribution >= 0.6 is 0 Å². The van der Waals surface area contributed by atoms with Crippen LogP contribution < -0.4 is 9.47 Å². The zero-order valence-corrected chi connectivity index (χ0v) is 20.6. The van der Waals surface area contributed by atoms with Crippen LogP contribution in [0.3, 0.4) is 0 Å². The molecule has 0 heterocycles. The summed E-state index contributed by atoms with van der Waals surface area (Å²) in [5.41, 5.74) is 0.424. The van der Waals surface area contributed by atoms with Crippen LogP contribution in [0.5, 0.6) is 11.5 Å². The van der Waals surface area contributed by atoms with Gasteiger partial charge in [0.1, 0.15) is 5.75 Å². The molecule has 0 N–H and O–H groups in total. The van der Waals surface area contributed by atoms with Gasteiger partial charge in [-0.1, -0.05) is 38.3 Å². The van der Waals surface area contributed by atoms with E-state index in [2.05, 4.69) is 16.4 Å². The number of benzene rings is 2. The quantitative estimate of drug-likeness (QED) is 0.331. The van der Waals surface area contributed by atoms with E-state index in [-0.39, 0.29) is 18.1 Å². The standard InChI is InChI=1S/C28H31F7O2/c1-2-17-3-5-18(6-4-17)19-7-9-20(10-8-19)21-11-13-22(14-12-21)27(31,32)36-23-15-24(29)26(25(30)16-23)37-28(33,34)35/h11-20H,2-10H2,1H3. The summed E-state index contributed by atoms with van der Waals surface area (Å²) < 4.78 is 102. The lowest BCUT2D eigenvalue weighted by atomic mass is 9.68. The van der Waals surface area contributed by atoms with E-state index in [1.54, 1.807) is 12.1 Å². The fourth-order valence-electron chi connectivity index (χ4n) is 5.96. The van der Waals surface area contributed by atoms with Gasteiger partial charge in [-0.15, -0.1) is 13.2 Å². The highest BCUT2D eigenvalue weighted by Crippen LogP contribution is 2.45. The molecule has 0 atom stereocenters. The summed E-state index contributed by atoms with van der Waals surface area (Å²) in [5, 5.41) is 0. The van der Waals surface area contributed by atoms with Gasteiger partial charge in [-0.25, -0.2) is 8.78 Å². The molecule has 0 aromatic heterocycles. The summed E-state index contributed by atoms with van der Waals surface area (Å²) >= 11 is 0. The van der Waals surface area contributed by atoms with Gasteiger partial charge in [-0.2, -0.15) is 8.78 Å². The Morgan fingerprint density at radius 1 is 0.730 bits per heavy atom. The molecule has 0 amide bonds. The molecule has 2 aromatic rings. The van der Waals surface area contributed by atoms with Gasteiger partial charge in [-0.3, -0.25) is 0 Å². The van der Waals surface area contributed by atoms with Crippen LogP contribution in [0.15, 0.2) is 36.4 Å². The molecule has 2 saturated carbocycles. The van der Waals surface area contributed by atoms with Crippen LogP contribution in [0.2, 0.25) is 0 Å². The lowest BCUT2D eigenvalue weighted by molar-refractivity contribution is -0.276. The summed E-state index contributed by atoms with van der Waals surface area (Å²) in [5.74, 6) is -3.64. The molecule has 2 nitrogen and oxygen atoms in total. The Kier molecular flexibility index (Phi) is 8.29. The molecule has 0 unspecified atom stereocenters. The lowest BCUT2D eigenvalue weighted by Crippen LogP contribution is -2.25. The van der Waals surface area contributed by atoms with Gasteiger partial charge in [0.15, 0.2) is 11.6 Å². The van der Waals surface area contributed by atoms with Crippen molar-refractivity contribution in [1.82, 2.24) is 0 Å². The summed E-state index contributed by atoms with van der Waals surface area (Å²) in [6.07, 6.45) is 1.51. The second kappa shape index (κ2) is 11.1. The minimum Gasteiger partial charge on any atom is -0.429 e. The van der Waals surface area contributed by atoms with Crippen LogP contribution in [-0.2, 0) is 6.11 Å². The third kappa shape index (κ3) is 6.90. The molecule has 2 fully saturated rings. The molecule has 2 aliphatic carbocycles. The van der Waals surface area contributed by atoms with E-state index in [1.807, 2.05) is 0 Å². The molecule has 204 valence electrons. The summed E-state index contributed by atoms with van der Waals surface area (Å²) in [4.78, 5) is 0. The number of halogens is 7. The molecule has 0 aliphatic heterocycles. The molecule has 0 radical (unpaired) electrons. The fraction of sp³-hybridized carbons (Fsp3) is 0.571.